The SMILES string of the molecule is Cc1cc(C(=O)NC2CC(O)CC(NC(=O)c3cc(C)on3)C2)no1. The summed E-state index contributed by atoms with van der Waals surface area (Å²) in [6.07, 6.45) is 0.709. The summed E-state index contributed by atoms with van der Waals surface area (Å²) in [5, 5.41) is 23.0. The van der Waals surface area contributed by atoms with E-state index in [1.807, 2.05) is 0 Å². The third-order valence-corrected chi connectivity index (χ3v) is 4.07. The second kappa shape index (κ2) is 7.06. The van der Waals surface area contributed by atoms with Gasteiger partial charge < -0.3 is 24.8 Å². The standard InChI is InChI=1S/C16H20N4O5/c1-8-3-13(19-24-8)15(22)17-10-5-11(7-12(21)6-10)18-16(23)14-4-9(2)25-20-14/h3-4,10-12,21H,5-7H2,1-2H3,(H,17,22)(H,18,23). The molecular formula is C16H20N4O5. The molecule has 1 fully saturated rings. The van der Waals surface area contributed by atoms with Gasteiger partial charge in [0.15, 0.2) is 11.4 Å². The minimum atomic E-state index is -0.623. The molecule has 2 atom stereocenters. The first-order chi connectivity index (χ1) is 11.9. The van der Waals surface area contributed by atoms with Gasteiger partial charge in [0.2, 0.25) is 0 Å². The van der Waals surface area contributed by atoms with Crippen molar-refractivity contribution in [2.45, 2.75) is 51.3 Å². The molecule has 1 aliphatic carbocycles. The van der Waals surface area contributed by atoms with Gasteiger partial charge in [0.25, 0.3) is 11.8 Å². The van der Waals surface area contributed by atoms with Crippen LogP contribution in [0.1, 0.15) is 51.8 Å². The normalized spacial score (nSPS) is 23.2. The van der Waals surface area contributed by atoms with Gasteiger partial charge in [-0.05, 0) is 33.1 Å². The third-order valence-electron chi connectivity index (χ3n) is 4.07. The first kappa shape index (κ1) is 17.2. The van der Waals surface area contributed by atoms with Crippen molar-refractivity contribution in [1.29, 1.82) is 0 Å². The fraction of sp³-hybridized carbons (Fsp3) is 0.500. The zero-order valence-electron chi connectivity index (χ0n) is 14.0. The Labute approximate surface area is 143 Å². The Morgan fingerprint density at radius 2 is 1.40 bits per heavy atom. The van der Waals surface area contributed by atoms with E-state index in [2.05, 4.69) is 20.9 Å². The van der Waals surface area contributed by atoms with E-state index >= 15 is 0 Å². The molecular weight excluding hydrogens is 328 g/mol. The number of carbonyl (C=O) groups excluding carboxylic acids is 2. The van der Waals surface area contributed by atoms with Gasteiger partial charge in [0.1, 0.15) is 11.5 Å². The quantitative estimate of drug-likeness (QED) is 0.742. The molecule has 0 bridgehead atoms. The van der Waals surface area contributed by atoms with Crippen LogP contribution in [0.25, 0.3) is 0 Å². The van der Waals surface area contributed by atoms with E-state index in [-0.39, 0.29) is 35.3 Å². The first-order valence-electron chi connectivity index (χ1n) is 8.07. The summed E-state index contributed by atoms with van der Waals surface area (Å²) in [6.45, 7) is 3.40. The molecule has 134 valence electrons. The molecule has 2 aromatic heterocycles. The fourth-order valence-electron chi connectivity index (χ4n) is 2.99. The minimum Gasteiger partial charge on any atom is -0.393 e. The molecule has 3 N–H and O–H groups in total. The lowest BCUT2D eigenvalue weighted by Gasteiger charge is -2.33. The Morgan fingerprint density at radius 1 is 0.960 bits per heavy atom. The Kier molecular flexibility index (Phi) is 4.84. The molecule has 0 spiro atoms. The second-order valence-corrected chi connectivity index (χ2v) is 6.35. The number of rotatable bonds is 4. The van der Waals surface area contributed by atoms with Crippen LogP contribution in [0.2, 0.25) is 0 Å². The average Bonchev–Trinajstić information content (AvgIpc) is 3.15. The van der Waals surface area contributed by atoms with Crippen molar-refractivity contribution in [3.05, 3.63) is 35.0 Å². The van der Waals surface area contributed by atoms with Crippen molar-refractivity contribution in [3.8, 4) is 0 Å². The summed E-state index contributed by atoms with van der Waals surface area (Å²) in [4.78, 5) is 24.3. The number of aryl methyl sites for hydroxylation is 2. The Balaban J connectivity index is 1.59. The van der Waals surface area contributed by atoms with Gasteiger partial charge in [-0.2, -0.15) is 0 Å². The lowest BCUT2D eigenvalue weighted by molar-refractivity contribution is 0.0728. The highest BCUT2D eigenvalue weighted by molar-refractivity contribution is 5.93. The van der Waals surface area contributed by atoms with Gasteiger partial charge in [-0.15, -0.1) is 0 Å². The molecule has 0 saturated heterocycles. The van der Waals surface area contributed by atoms with Crippen molar-refractivity contribution in [2.24, 2.45) is 0 Å². The maximum atomic E-state index is 12.2. The number of aromatic nitrogens is 2. The van der Waals surface area contributed by atoms with Crippen LogP contribution < -0.4 is 10.6 Å². The molecule has 25 heavy (non-hydrogen) atoms. The lowest BCUT2D eigenvalue weighted by atomic mass is 9.88. The Bertz CT molecular complexity index is 706. The number of hydrogen-bond donors (Lipinski definition) is 3. The van der Waals surface area contributed by atoms with Gasteiger partial charge in [-0.3, -0.25) is 9.59 Å². The molecule has 2 amide bonds. The molecule has 0 aliphatic heterocycles. The van der Waals surface area contributed by atoms with Crippen LogP contribution >= 0.6 is 0 Å². The number of aliphatic hydroxyl groups excluding tert-OH is 1. The number of aliphatic hydroxyl groups is 1. The van der Waals surface area contributed by atoms with Crippen molar-refractivity contribution in [1.82, 2.24) is 20.9 Å². The molecule has 3 rings (SSSR count). The highest BCUT2D eigenvalue weighted by Crippen LogP contribution is 2.20. The largest absolute Gasteiger partial charge is 0.393 e. The maximum absolute atomic E-state index is 12.2. The number of nitrogens with one attached hydrogen (secondary N) is 2. The van der Waals surface area contributed by atoms with Crippen molar-refractivity contribution >= 4 is 11.8 Å². The topological polar surface area (TPSA) is 130 Å². The van der Waals surface area contributed by atoms with Gasteiger partial charge in [-0.1, -0.05) is 10.3 Å². The van der Waals surface area contributed by atoms with E-state index in [1.54, 1.807) is 26.0 Å². The monoisotopic (exact) mass is 348 g/mol. The molecule has 1 aliphatic rings. The molecule has 2 unspecified atom stereocenters. The van der Waals surface area contributed by atoms with E-state index < -0.39 is 6.10 Å². The summed E-state index contributed by atoms with van der Waals surface area (Å²) >= 11 is 0. The number of carbonyl (C=O) groups is 2. The number of nitrogens with zero attached hydrogens (tertiary/aromatic N) is 2. The number of amides is 2. The van der Waals surface area contributed by atoms with Crippen molar-refractivity contribution < 1.29 is 23.7 Å². The Morgan fingerprint density at radius 3 is 1.76 bits per heavy atom. The van der Waals surface area contributed by atoms with E-state index in [0.717, 1.165) is 0 Å². The molecule has 2 heterocycles. The van der Waals surface area contributed by atoms with E-state index in [4.69, 9.17) is 9.05 Å². The smallest absolute Gasteiger partial charge is 0.273 e. The summed E-state index contributed by atoms with van der Waals surface area (Å²) in [7, 11) is 0. The summed E-state index contributed by atoms with van der Waals surface area (Å²) in [5.41, 5.74) is 0.382. The minimum absolute atomic E-state index is 0.191. The molecule has 9 nitrogen and oxygen atoms in total. The maximum Gasteiger partial charge on any atom is 0.273 e. The molecule has 0 aromatic carbocycles. The predicted molar refractivity (Wildman–Crippen MR) is 84.8 cm³/mol. The van der Waals surface area contributed by atoms with Gasteiger partial charge in [0, 0.05) is 24.2 Å². The van der Waals surface area contributed by atoms with Gasteiger partial charge in [-0.25, -0.2) is 0 Å². The summed E-state index contributed by atoms with van der Waals surface area (Å²) < 4.78 is 9.78. The molecule has 2 aromatic rings. The predicted octanol–water partition coefficient (Wildman–Crippen LogP) is 0.721. The highest BCUT2D eigenvalue weighted by atomic mass is 16.5. The van der Waals surface area contributed by atoms with Crippen LogP contribution in [0, 0.1) is 13.8 Å². The first-order valence-corrected chi connectivity index (χ1v) is 8.07. The fourth-order valence-corrected chi connectivity index (χ4v) is 2.99. The van der Waals surface area contributed by atoms with Gasteiger partial charge >= 0.3 is 0 Å². The molecule has 0 radical (unpaired) electrons. The highest BCUT2D eigenvalue weighted by Gasteiger charge is 2.31. The lowest BCUT2D eigenvalue weighted by Crippen LogP contribution is -2.49. The van der Waals surface area contributed by atoms with E-state index in [9.17, 15) is 14.7 Å². The Hall–Kier alpha value is -2.68. The summed E-state index contributed by atoms with van der Waals surface area (Å²) in [6, 6.07) is 2.52. The third kappa shape index (κ3) is 4.24. The van der Waals surface area contributed by atoms with Crippen LogP contribution in [0.4, 0.5) is 0 Å². The average molecular weight is 348 g/mol. The van der Waals surface area contributed by atoms with E-state index in [0.29, 0.717) is 30.8 Å². The van der Waals surface area contributed by atoms with Crippen LogP contribution in [0.5, 0.6) is 0 Å². The van der Waals surface area contributed by atoms with Crippen LogP contribution in [0.15, 0.2) is 21.2 Å². The van der Waals surface area contributed by atoms with Crippen LogP contribution in [-0.2, 0) is 0 Å². The van der Waals surface area contributed by atoms with Crippen molar-refractivity contribution in [3.63, 3.8) is 0 Å². The van der Waals surface area contributed by atoms with Crippen LogP contribution in [-0.4, -0.2) is 45.4 Å². The zero-order chi connectivity index (χ0) is 18.0. The van der Waals surface area contributed by atoms with Crippen molar-refractivity contribution in [2.75, 3.05) is 0 Å². The van der Waals surface area contributed by atoms with E-state index in [1.165, 1.54) is 0 Å². The van der Waals surface area contributed by atoms with Gasteiger partial charge in [0.05, 0.1) is 6.10 Å². The number of hydrogen-bond acceptors (Lipinski definition) is 7. The molecule has 1 saturated carbocycles. The molecule has 9 heteroatoms. The summed E-state index contributed by atoms with van der Waals surface area (Å²) in [5.74, 6) is 0.352. The zero-order valence-corrected chi connectivity index (χ0v) is 14.0. The van der Waals surface area contributed by atoms with Crippen LogP contribution in [0.3, 0.4) is 0 Å². The second-order valence-electron chi connectivity index (χ2n) is 6.35.